The van der Waals surface area contributed by atoms with Crippen LogP contribution in [0.3, 0.4) is 0 Å². The zero-order valence-corrected chi connectivity index (χ0v) is 12.2. The van der Waals surface area contributed by atoms with Crippen LogP contribution < -0.4 is 0 Å². The molecule has 0 bridgehead atoms. The van der Waals surface area contributed by atoms with Crippen molar-refractivity contribution in [3.8, 4) is 5.75 Å². The Morgan fingerprint density at radius 1 is 1.35 bits per heavy atom. The molecule has 6 nitrogen and oxygen atoms in total. The van der Waals surface area contributed by atoms with Crippen LogP contribution in [-0.4, -0.2) is 43.3 Å². The molecule has 0 aliphatic carbocycles. The highest BCUT2D eigenvalue weighted by molar-refractivity contribution is 8.12. The smallest absolute Gasteiger partial charge is 0.328 e. The van der Waals surface area contributed by atoms with Crippen molar-refractivity contribution in [1.29, 1.82) is 0 Å². The molecule has 2 N–H and O–H groups in total. The number of thiol groups is 1. The van der Waals surface area contributed by atoms with Gasteiger partial charge in [-0.05, 0) is 12.1 Å². The van der Waals surface area contributed by atoms with Crippen LogP contribution in [0.5, 0.6) is 5.75 Å². The Hall–Kier alpha value is -1.67. The van der Waals surface area contributed by atoms with Gasteiger partial charge in [-0.15, -0.1) is 0 Å². The minimum atomic E-state index is -1.26. The average Bonchev–Trinajstić information content (AvgIpc) is 2.38. The van der Waals surface area contributed by atoms with Crippen molar-refractivity contribution in [2.24, 2.45) is 0 Å². The molecule has 0 saturated heterocycles. The van der Waals surface area contributed by atoms with Gasteiger partial charge in [0.2, 0.25) is 11.0 Å². The zero-order valence-electron chi connectivity index (χ0n) is 10.5. The number of phenolic OH excluding ortho intramolecular Hbond substituents is 1. The van der Waals surface area contributed by atoms with Gasteiger partial charge in [-0.3, -0.25) is 13.9 Å². The van der Waals surface area contributed by atoms with Crippen LogP contribution in [0.2, 0.25) is 0 Å². The predicted octanol–water partition coefficient (Wildman–Crippen LogP) is 1.41. The van der Waals surface area contributed by atoms with Crippen molar-refractivity contribution in [2.75, 3.05) is 5.75 Å². The lowest BCUT2D eigenvalue weighted by Crippen LogP contribution is -2.41. The average molecular weight is 315 g/mol. The number of rotatable bonds is 4. The molecule has 1 aromatic carbocycles. The van der Waals surface area contributed by atoms with Gasteiger partial charge in [-0.1, -0.05) is 12.1 Å². The van der Waals surface area contributed by atoms with E-state index in [0.29, 0.717) is 11.9 Å². The summed E-state index contributed by atoms with van der Waals surface area (Å²) in [6.07, 6.45) is 0. The van der Waals surface area contributed by atoms with Crippen molar-refractivity contribution in [2.45, 2.75) is 13.0 Å². The van der Waals surface area contributed by atoms with Gasteiger partial charge in [0.25, 0.3) is 0 Å². The lowest BCUT2D eigenvalue weighted by Gasteiger charge is -2.24. The minimum absolute atomic E-state index is 0.00653. The van der Waals surface area contributed by atoms with Gasteiger partial charge in [-0.25, -0.2) is 4.79 Å². The third kappa shape index (κ3) is 3.91. The van der Waals surface area contributed by atoms with Gasteiger partial charge in [0.1, 0.15) is 11.8 Å². The molecule has 1 amide bonds. The van der Waals surface area contributed by atoms with E-state index >= 15 is 0 Å². The summed E-state index contributed by atoms with van der Waals surface area (Å²) in [4.78, 5) is 34.6. The number of para-hydroxylation sites is 1. The molecule has 0 aliphatic rings. The van der Waals surface area contributed by atoms with E-state index in [4.69, 9.17) is 5.11 Å². The van der Waals surface area contributed by atoms with E-state index in [1.165, 1.54) is 12.1 Å². The standard InChI is InChI=1S/C12H13NO5S2/c1-7(14)13(9(6-19)11(16)17)20-12(18)8-4-2-3-5-10(8)15/h2-5,9,15,19H,6H2,1H3,(H,16,17). The number of carbonyl (C=O) groups is 3. The topological polar surface area (TPSA) is 94.9 Å². The van der Waals surface area contributed by atoms with Gasteiger partial charge in [0.05, 0.1) is 5.56 Å². The van der Waals surface area contributed by atoms with Gasteiger partial charge in [-0.2, -0.15) is 12.6 Å². The van der Waals surface area contributed by atoms with Crippen LogP contribution in [0, 0.1) is 0 Å². The van der Waals surface area contributed by atoms with E-state index in [9.17, 15) is 19.5 Å². The largest absolute Gasteiger partial charge is 0.507 e. The molecule has 1 atom stereocenters. The molecule has 1 rings (SSSR count). The van der Waals surface area contributed by atoms with Gasteiger partial charge < -0.3 is 10.2 Å². The first-order valence-electron chi connectivity index (χ1n) is 5.52. The molecule has 0 radical (unpaired) electrons. The predicted molar refractivity (Wildman–Crippen MR) is 77.8 cm³/mol. The van der Waals surface area contributed by atoms with E-state index in [1.807, 2.05) is 0 Å². The molecule has 1 unspecified atom stereocenters. The Morgan fingerprint density at radius 3 is 2.40 bits per heavy atom. The maximum absolute atomic E-state index is 12.0. The summed E-state index contributed by atoms with van der Waals surface area (Å²) < 4.78 is 0.837. The highest BCUT2D eigenvalue weighted by Gasteiger charge is 2.30. The second-order valence-electron chi connectivity index (χ2n) is 3.78. The third-order valence-electron chi connectivity index (χ3n) is 2.36. The Morgan fingerprint density at radius 2 is 1.95 bits per heavy atom. The van der Waals surface area contributed by atoms with Crippen molar-refractivity contribution < 1.29 is 24.6 Å². The second-order valence-corrected chi connectivity index (χ2v) is 5.09. The highest BCUT2D eigenvalue weighted by Crippen LogP contribution is 2.26. The first-order valence-corrected chi connectivity index (χ1v) is 6.92. The van der Waals surface area contributed by atoms with Crippen molar-refractivity contribution in [1.82, 2.24) is 4.31 Å². The van der Waals surface area contributed by atoms with Crippen LogP contribution >= 0.6 is 24.6 Å². The summed E-state index contributed by atoms with van der Waals surface area (Å²) in [5.41, 5.74) is 0.00653. The fourth-order valence-electron chi connectivity index (χ4n) is 1.38. The maximum atomic E-state index is 12.0. The molecule has 0 heterocycles. The van der Waals surface area contributed by atoms with E-state index in [-0.39, 0.29) is 17.1 Å². The van der Waals surface area contributed by atoms with Crippen LogP contribution in [0.1, 0.15) is 17.3 Å². The summed E-state index contributed by atoms with van der Waals surface area (Å²) in [5.74, 6) is -2.20. The summed E-state index contributed by atoms with van der Waals surface area (Å²) in [7, 11) is 0. The van der Waals surface area contributed by atoms with Crippen molar-refractivity contribution in [3.63, 3.8) is 0 Å². The summed E-state index contributed by atoms with van der Waals surface area (Å²) >= 11 is 4.31. The number of carbonyl (C=O) groups excluding carboxylic acids is 2. The number of aromatic hydroxyl groups is 1. The normalized spacial score (nSPS) is 11.7. The molecule has 0 spiro atoms. The van der Waals surface area contributed by atoms with Gasteiger partial charge in [0.15, 0.2) is 0 Å². The minimum Gasteiger partial charge on any atom is -0.507 e. The molecular formula is C12H13NO5S2. The Labute approximate surface area is 125 Å². The van der Waals surface area contributed by atoms with E-state index in [0.717, 1.165) is 11.2 Å². The van der Waals surface area contributed by atoms with E-state index in [1.54, 1.807) is 12.1 Å². The molecule has 20 heavy (non-hydrogen) atoms. The summed E-state index contributed by atoms with van der Waals surface area (Å²) in [6, 6.07) is 4.60. The third-order valence-corrected chi connectivity index (χ3v) is 3.80. The van der Waals surface area contributed by atoms with Crippen molar-refractivity contribution >= 4 is 41.6 Å². The number of carboxylic acid groups (broad SMARTS) is 1. The van der Waals surface area contributed by atoms with Gasteiger partial charge >= 0.3 is 5.97 Å². The lowest BCUT2D eigenvalue weighted by molar-refractivity contribution is -0.144. The van der Waals surface area contributed by atoms with Crippen LogP contribution in [0.15, 0.2) is 24.3 Å². The monoisotopic (exact) mass is 315 g/mol. The SMILES string of the molecule is CC(=O)N(SC(=O)c1ccccc1O)C(CS)C(=O)O. The second kappa shape index (κ2) is 7.20. The van der Waals surface area contributed by atoms with Crippen LogP contribution in [0.25, 0.3) is 0 Å². The fourth-order valence-corrected chi connectivity index (χ4v) is 2.68. The van der Waals surface area contributed by atoms with E-state index in [2.05, 4.69) is 12.6 Å². The number of carboxylic acids is 1. The van der Waals surface area contributed by atoms with Crippen LogP contribution in [-0.2, 0) is 9.59 Å². The first kappa shape index (κ1) is 16.4. The fraction of sp³-hybridized carbons (Fsp3) is 0.250. The lowest BCUT2D eigenvalue weighted by atomic mass is 10.2. The molecule has 108 valence electrons. The molecule has 0 fully saturated rings. The first-order chi connectivity index (χ1) is 9.38. The summed E-state index contributed by atoms with van der Waals surface area (Å²) in [5, 5.41) is 18.0. The molecule has 0 aromatic heterocycles. The van der Waals surface area contributed by atoms with E-state index < -0.39 is 23.0 Å². The molecular weight excluding hydrogens is 302 g/mol. The highest BCUT2D eigenvalue weighted by atomic mass is 32.2. The number of amides is 1. The number of phenols is 1. The van der Waals surface area contributed by atoms with Crippen molar-refractivity contribution in [3.05, 3.63) is 29.8 Å². The number of benzene rings is 1. The quantitative estimate of drug-likeness (QED) is 0.574. The molecule has 1 aromatic rings. The molecule has 0 saturated carbocycles. The zero-order chi connectivity index (χ0) is 15.3. The van der Waals surface area contributed by atoms with Crippen LogP contribution in [0.4, 0.5) is 0 Å². The van der Waals surface area contributed by atoms with Gasteiger partial charge in [0, 0.05) is 24.6 Å². The number of hydrogen-bond donors (Lipinski definition) is 3. The Bertz CT molecular complexity index is 534. The summed E-state index contributed by atoms with van der Waals surface area (Å²) in [6.45, 7) is 1.16. The number of aliphatic carboxylic acids is 1. The Kier molecular flexibility index (Phi) is 5.90. The Balaban J connectivity index is 2.97. The molecule has 8 heteroatoms. The molecule has 0 aliphatic heterocycles. The maximum Gasteiger partial charge on any atom is 0.328 e. The number of hydrogen-bond acceptors (Lipinski definition) is 6. The number of nitrogens with zero attached hydrogens (tertiary/aromatic N) is 1.